The minimum Gasteiger partial charge on any atom is -0.349 e. The molecule has 0 radical (unpaired) electrons. The van der Waals surface area contributed by atoms with Crippen LogP contribution in [0.3, 0.4) is 0 Å². The van der Waals surface area contributed by atoms with Crippen LogP contribution in [-0.4, -0.2) is 21.7 Å². The van der Waals surface area contributed by atoms with Gasteiger partial charge in [-0.05, 0) is 75.6 Å². The van der Waals surface area contributed by atoms with Crippen molar-refractivity contribution >= 4 is 21.8 Å². The van der Waals surface area contributed by atoms with Crippen LogP contribution in [0.15, 0.2) is 53.0 Å². The van der Waals surface area contributed by atoms with Crippen LogP contribution in [0.4, 0.5) is 4.39 Å². The molecule has 0 aliphatic carbocycles. The zero-order valence-corrected chi connectivity index (χ0v) is 17.8. The van der Waals surface area contributed by atoms with Gasteiger partial charge >= 0.3 is 0 Å². The van der Waals surface area contributed by atoms with Crippen molar-refractivity contribution in [1.82, 2.24) is 15.1 Å². The van der Waals surface area contributed by atoms with E-state index in [-0.39, 0.29) is 17.8 Å². The fraction of sp³-hybridized carbons (Fsp3) is 0.273. The number of carbonyl (C=O) groups is 1. The molecular weight excluding hydrogens is 421 g/mol. The molecule has 1 aromatic heterocycles. The summed E-state index contributed by atoms with van der Waals surface area (Å²) in [4.78, 5) is 12.8. The van der Waals surface area contributed by atoms with Crippen molar-refractivity contribution in [3.05, 3.63) is 81.3 Å². The fourth-order valence-electron chi connectivity index (χ4n) is 3.21. The van der Waals surface area contributed by atoms with Crippen LogP contribution in [0.5, 0.6) is 0 Å². The van der Waals surface area contributed by atoms with Crippen LogP contribution in [0.2, 0.25) is 0 Å². The normalized spacial score (nSPS) is 12.0. The smallest absolute Gasteiger partial charge is 0.255 e. The van der Waals surface area contributed by atoms with Gasteiger partial charge in [-0.2, -0.15) is 5.10 Å². The van der Waals surface area contributed by atoms with Crippen molar-refractivity contribution in [3.8, 4) is 5.69 Å². The Kier molecular flexibility index (Phi) is 6.29. The summed E-state index contributed by atoms with van der Waals surface area (Å²) in [5.74, 6) is -0.436. The molecule has 0 saturated carbocycles. The molecule has 1 heterocycles. The molecular formula is C22H23BrFN3O. The number of nitrogens with zero attached hydrogens (tertiary/aromatic N) is 2. The Hall–Kier alpha value is -2.47. The van der Waals surface area contributed by atoms with Crippen LogP contribution >= 0.6 is 15.9 Å². The van der Waals surface area contributed by atoms with Gasteiger partial charge in [0, 0.05) is 10.5 Å². The molecule has 0 bridgehead atoms. The summed E-state index contributed by atoms with van der Waals surface area (Å²) < 4.78 is 15.9. The van der Waals surface area contributed by atoms with Crippen LogP contribution in [0, 0.1) is 19.7 Å². The summed E-state index contributed by atoms with van der Waals surface area (Å²) in [5, 5.41) is 7.54. The third-order valence-electron chi connectivity index (χ3n) is 4.75. The highest BCUT2D eigenvalue weighted by Crippen LogP contribution is 2.19. The van der Waals surface area contributed by atoms with E-state index in [1.54, 1.807) is 16.8 Å². The highest BCUT2D eigenvalue weighted by Gasteiger charge is 2.20. The first kappa shape index (κ1) is 20.3. The lowest BCUT2D eigenvalue weighted by molar-refractivity contribution is 0.0937. The average molecular weight is 444 g/mol. The first-order valence-electron chi connectivity index (χ1n) is 9.22. The molecule has 6 heteroatoms. The zero-order valence-electron chi connectivity index (χ0n) is 16.2. The van der Waals surface area contributed by atoms with Gasteiger partial charge in [0.1, 0.15) is 5.82 Å². The standard InChI is InChI=1S/C22H23BrFN3O/c1-14(4-5-17-6-8-18(23)9-7-17)25-22(28)21-15(2)26-27(16(21)3)20-12-10-19(24)11-13-20/h6-14H,4-5H2,1-3H3,(H,25,28)/t14-/m0/s1. The van der Waals surface area contributed by atoms with Crippen molar-refractivity contribution in [3.63, 3.8) is 0 Å². The maximum atomic E-state index is 13.2. The van der Waals surface area contributed by atoms with Gasteiger partial charge in [-0.3, -0.25) is 4.79 Å². The van der Waals surface area contributed by atoms with E-state index < -0.39 is 0 Å². The second kappa shape index (κ2) is 8.69. The molecule has 0 spiro atoms. The van der Waals surface area contributed by atoms with Crippen LogP contribution in [-0.2, 0) is 6.42 Å². The minimum absolute atomic E-state index is 0.0316. The van der Waals surface area contributed by atoms with Gasteiger partial charge in [0.2, 0.25) is 0 Å². The molecule has 1 atom stereocenters. The average Bonchev–Trinajstić information content (AvgIpc) is 2.96. The molecule has 146 valence electrons. The molecule has 1 amide bonds. The molecule has 28 heavy (non-hydrogen) atoms. The van der Waals surface area contributed by atoms with E-state index in [2.05, 4.69) is 38.5 Å². The Labute approximate surface area is 172 Å². The second-order valence-corrected chi connectivity index (χ2v) is 7.89. The van der Waals surface area contributed by atoms with Gasteiger partial charge < -0.3 is 5.32 Å². The zero-order chi connectivity index (χ0) is 20.3. The van der Waals surface area contributed by atoms with Crippen LogP contribution in [0.25, 0.3) is 5.69 Å². The minimum atomic E-state index is -0.303. The predicted octanol–water partition coefficient (Wildman–Crippen LogP) is 5.14. The van der Waals surface area contributed by atoms with Crippen molar-refractivity contribution < 1.29 is 9.18 Å². The Morgan fingerprint density at radius 2 is 1.79 bits per heavy atom. The van der Waals surface area contributed by atoms with Gasteiger partial charge in [0.05, 0.1) is 22.6 Å². The summed E-state index contributed by atoms with van der Waals surface area (Å²) in [7, 11) is 0. The van der Waals surface area contributed by atoms with E-state index in [9.17, 15) is 9.18 Å². The van der Waals surface area contributed by atoms with Gasteiger partial charge in [0.25, 0.3) is 5.91 Å². The third kappa shape index (κ3) is 4.68. The van der Waals surface area contributed by atoms with E-state index in [4.69, 9.17) is 0 Å². The lowest BCUT2D eigenvalue weighted by atomic mass is 10.1. The van der Waals surface area contributed by atoms with E-state index >= 15 is 0 Å². The van der Waals surface area contributed by atoms with Gasteiger partial charge in [-0.25, -0.2) is 9.07 Å². The third-order valence-corrected chi connectivity index (χ3v) is 5.28. The number of nitrogens with one attached hydrogen (secondary N) is 1. The number of aryl methyl sites for hydroxylation is 2. The SMILES string of the molecule is Cc1nn(-c2ccc(F)cc2)c(C)c1C(=O)N[C@@H](C)CCc1ccc(Br)cc1. The number of hydrogen-bond acceptors (Lipinski definition) is 2. The molecule has 3 rings (SSSR count). The monoisotopic (exact) mass is 443 g/mol. The molecule has 0 fully saturated rings. The summed E-state index contributed by atoms with van der Waals surface area (Å²) >= 11 is 3.44. The number of amides is 1. The summed E-state index contributed by atoms with van der Waals surface area (Å²) in [6, 6.07) is 14.3. The Bertz CT molecular complexity index is 965. The highest BCUT2D eigenvalue weighted by atomic mass is 79.9. The van der Waals surface area contributed by atoms with Crippen molar-refractivity contribution in [2.24, 2.45) is 0 Å². The van der Waals surface area contributed by atoms with Gasteiger partial charge in [-0.1, -0.05) is 28.1 Å². The number of hydrogen-bond donors (Lipinski definition) is 1. The molecule has 4 nitrogen and oxygen atoms in total. The maximum Gasteiger partial charge on any atom is 0.255 e. The van der Waals surface area contributed by atoms with Gasteiger partial charge in [-0.15, -0.1) is 0 Å². The number of benzene rings is 2. The van der Waals surface area contributed by atoms with E-state index in [0.717, 1.165) is 28.7 Å². The molecule has 2 aromatic carbocycles. The largest absolute Gasteiger partial charge is 0.349 e. The summed E-state index contributed by atoms with van der Waals surface area (Å²) in [6.45, 7) is 5.67. The van der Waals surface area contributed by atoms with Gasteiger partial charge in [0.15, 0.2) is 0 Å². The number of rotatable bonds is 6. The number of carbonyl (C=O) groups excluding carboxylic acids is 1. The summed E-state index contributed by atoms with van der Waals surface area (Å²) in [5.41, 5.74) is 3.92. The van der Waals surface area contributed by atoms with Crippen molar-refractivity contribution in [2.75, 3.05) is 0 Å². The molecule has 0 saturated heterocycles. The lowest BCUT2D eigenvalue weighted by Gasteiger charge is -2.14. The van der Waals surface area contributed by atoms with E-state index in [1.165, 1.54) is 17.7 Å². The maximum absolute atomic E-state index is 13.2. The van der Waals surface area contributed by atoms with Crippen molar-refractivity contribution in [1.29, 1.82) is 0 Å². The number of halogens is 2. The quantitative estimate of drug-likeness (QED) is 0.572. The highest BCUT2D eigenvalue weighted by molar-refractivity contribution is 9.10. The first-order chi connectivity index (χ1) is 13.3. The Balaban J connectivity index is 1.68. The van der Waals surface area contributed by atoms with E-state index in [0.29, 0.717) is 11.3 Å². The molecule has 0 aliphatic heterocycles. The van der Waals surface area contributed by atoms with Crippen LogP contribution < -0.4 is 5.32 Å². The number of aromatic nitrogens is 2. The Morgan fingerprint density at radius 1 is 1.14 bits per heavy atom. The fourth-order valence-corrected chi connectivity index (χ4v) is 3.47. The first-order valence-corrected chi connectivity index (χ1v) is 10.0. The predicted molar refractivity (Wildman–Crippen MR) is 112 cm³/mol. The molecule has 0 aliphatic rings. The molecule has 1 N–H and O–H groups in total. The van der Waals surface area contributed by atoms with Crippen LogP contribution in [0.1, 0.15) is 40.7 Å². The Morgan fingerprint density at radius 3 is 2.43 bits per heavy atom. The molecule has 3 aromatic rings. The second-order valence-electron chi connectivity index (χ2n) is 6.97. The molecule has 0 unspecified atom stereocenters. The summed E-state index contributed by atoms with van der Waals surface area (Å²) in [6.07, 6.45) is 1.74. The topological polar surface area (TPSA) is 46.9 Å². The lowest BCUT2D eigenvalue weighted by Crippen LogP contribution is -2.33. The van der Waals surface area contributed by atoms with Crippen molar-refractivity contribution in [2.45, 2.75) is 39.7 Å². The van der Waals surface area contributed by atoms with E-state index in [1.807, 2.05) is 32.9 Å².